The topological polar surface area (TPSA) is 50.4 Å². The molecule has 1 aliphatic rings. The van der Waals surface area contributed by atoms with Crippen LogP contribution in [0.1, 0.15) is 29.2 Å². The van der Waals surface area contributed by atoms with Crippen molar-refractivity contribution in [1.82, 2.24) is 0 Å². The van der Waals surface area contributed by atoms with Gasteiger partial charge in [0.25, 0.3) is 0 Å². The number of benzene rings is 3. The van der Waals surface area contributed by atoms with E-state index in [4.69, 9.17) is 4.74 Å². The van der Waals surface area contributed by atoms with Gasteiger partial charge >= 0.3 is 6.18 Å². The number of hydrogen-bond donors (Lipinski definition) is 2. The predicted molar refractivity (Wildman–Crippen MR) is 109 cm³/mol. The Morgan fingerprint density at radius 1 is 0.933 bits per heavy atom. The van der Waals surface area contributed by atoms with Gasteiger partial charge in [0, 0.05) is 0 Å². The molecule has 0 saturated heterocycles. The summed E-state index contributed by atoms with van der Waals surface area (Å²) in [6, 6.07) is 18.6. The number of anilines is 2. The van der Waals surface area contributed by atoms with Gasteiger partial charge in [0.05, 0.1) is 29.4 Å². The lowest BCUT2D eigenvalue weighted by molar-refractivity contribution is -0.138. The third-order valence-electron chi connectivity index (χ3n) is 4.90. The Morgan fingerprint density at radius 3 is 2.40 bits per heavy atom. The Morgan fingerprint density at radius 2 is 1.67 bits per heavy atom. The van der Waals surface area contributed by atoms with E-state index < -0.39 is 17.8 Å². The van der Waals surface area contributed by atoms with Crippen molar-refractivity contribution in [3.8, 4) is 11.5 Å². The van der Waals surface area contributed by atoms with Gasteiger partial charge in [-0.15, -0.1) is 0 Å². The summed E-state index contributed by atoms with van der Waals surface area (Å²) in [4.78, 5) is 12.4. The molecular formula is C23H19F3N2O2. The molecule has 154 valence electrons. The highest BCUT2D eigenvalue weighted by molar-refractivity contribution is 5.97. The summed E-state index contributed by atoms with van der Waals surface area (Å²) in [6.45, 7) is 1.40. The molecule has 0 fully saturated rings. The van der Waals surface area contributed by atoms with Crippen LogP contribution in [0.2, 0.25) is 0 Å². The first-order chi connectivity index (χ1) is 14.3. The number of ether oxygens (including phenoxy) is 1. The molecule has 7 heteroatoms. The van der Waals surface area contributed by atoms with E-state index in [0.717, 1.165) is 11.6 Å². The van der Waals surface area contributed by atoms with Crippen LogP contribution in [-0.2, 0) is 11.0 Å². The van der Waals surface area contributed by atoms with E-state index in [9.17, 15) is 18.0 Å². The maximum atomic E-state index is 13.2. The lowest BCUT2D eigenvalue weighted by Crippen LogP contribution is -2.15. The monoisotopic (exact) mass is 412 g/mol. The van der Waals surface area contributed by atoms with Gasteiger partial charge in [0.15, 0.2) is 0 Å². The van der Waals surface area contributed by atoms with Crippen LogP contribution >= 0.6 is 0 Å². The van der Waals surface area contributed by atoms with Crippen LogP contribution in [0.15, 0.2) is 66.7 Å². The summed E-state index contributed by atoms with van der Waals surface area (Å²) >= 11 is 0. The van der Waals surface area contributed by atoms with E-state index in [-0.39, 0.29) is 23.6 Å². The first-order valence-electron chi connectivity index (χ1n) is 9.41. The molecule has 3 aromatic carbocycles. The number of aryl methyl sites for hydroxylation is 1. The summed E-state index contributed by atoms with van der Waals surface area (Å²) in [6.07, 6.45) is -4.41. The minimum Gasteiger partial charge on any atom is -0.457 e. The largest absolute Gasteiger partial charge is 0.457 e. The molecular weight excluding hydrogens is 393 g/mol. The van der Waals surface area contributed by atoms with Gasteiger partial charge in [-0.25, -0.2) is 0 Å². The number of nitrogens with one attached hydrogen (secondary N) is 2. The molecule has 0 spiro atoms. The second-order valence-corrected chi connectivity index (χ2v) is 7.15. The minimum absolute atomic E-state index is 0.0733. The molecule has 1 amide bonds. The molecule has 1 atom stereocenters. The number of para-hydroxylation sites is 1. The molecule has 0 bridgehead atoms. The van der Waals surface area contributed by atoms with E-state index in [1.54, 1.807) is 6.07 Å². The van der Waals surface area contributed by atoms with Crippen LogP contribution in [0.5, 0.6) is 11.5 Å². The summed E-state index contributed by atoms with van der Waals surface area (Å²) < 4.78 is 45.6. The fourth-order valence-corrected chi connectivity index (χ4v) is 3.48. The summed E-state index contributed by atoms with van der Waals surface area (Å²) in [5, 5.41) is 5.79. The molecule has 4 rings (SSSR count). The van der Waals surface area contributed by atoms with Crippen LogP contribution in [0.4, 0.5) is 24.5 Å². The van der Waals surface area contributed by atoms with Crippen LogP contribution < -0.4 is 15.4 Å². The van der Waals surface area contributed by atoms with Gasteiger partial charge in [-0.3, -0.25) is 4.79 Å². The van der Waals surface area contributed by atoms with Crippen molar-refractivity contribution in [2.75, 3.05) is 10.6 Å². The Bertz CT molecular complexity index is 1080. The number of hydrogen-bond acceptors (Lipinski definition) is 3. The number of halogens is 3. The highest BCUT2D eigenvalue weighted by Gasteiger charge is 2.34. The highest BCUT2D eigenvalue weighted by Crippen LogP contribution is 2.40. The average molecular weight is 412 g/mol. The fraction of sp³-hybridized carbons (Fsp3) is 0.174. The van der Waals surface area contributed by atoms with Crippen molar-refractivity contribution in [2.45, 2.75) is 25.6 Å². The van der Waals surface area contributed by atoms with Gasteiger partial charge < -0.3 is 15.4 Å². The predicted octanol–water partition coefficient (Wildman–Crippen LogP) is 6.30. The molecule has 1 unspecified atom stereocenters. The van der Waals surface area contributed by atoms with Crippen molar-refractivity contribution in [3.63, 3.8) is 0 Å². The number of amides is 1. The molecule has 0 aromatic heterocycles. The first-order valence-corrected chi connectivity index (χ1v) is 9.41. The summed E-state index contributed by atoms with van der Waals surface area (Å²) in [5.41, 5.74) is 0.691. The Balaban J connectivity index is 1.64. The third kappa shape index (κ3) is 4.25. The lowest BCUT2D eigenvalue weighted by Gasteiger charge is -2.20. The molecule has 2 N–H and O–H groups in total. The minimum atomic E-state index is -4.49. The Labute approximate surface area is 171 Å². The number of rotatable bonds is 3. The van der Waals surface area contributed by atoms with Gasteiger partial charge in [-0.05, 0) is 54.4 Å². The number of carbonyl (C=O) groups excluding carboxylic acids is 1. The van der Waals surface area contributed by atoms with Crippen molar-refractivity contribution in [3.05, 3.63) is 83.4 Å². The van der Waals surface area contributed by atoms with Gasteiger partial charge in [0.1, 0.15) is 11.5 Å². The standard InChI is InChI=1S/C23H19F3N2O2/c1-14-10-20-21(12-18(14)23(24,25)26)28-22(29)13-19(27-20)15-6-5-9-17(11-15)30-16-7-3-2-4-8-16/h2-12,19,27H,13H2,1H3,(H,28,29). The Kier molecular flexibility index (Phi) is 5.11. The van der Waals surface area contributed by atoms with Crippen molar-refractivity contribution >= 4 is 17.3 Å². The molecule has 0 aliphatic carbocycles. The second-order valence-electron chi connectivity index (χ2n) is 7.15. The maximum absolute atomic E-state index is 13.2. The van der Waals surface area contributed by atoms with Crippen LogP contribution in [-0.4, -0.2) is 5.91 Å². The van der Waals surface area contributed by atoms with E-state index >= 15 is 0 Å². The fourth-order valence-electron chi connectivity index (χ4n) is 3.48. The van der Waals surface area contributed by atoms with E-state index in [0.29, 0.717) is 17.2 Å². The zero-order valence-corrected chi connectivity index (χ0v) is 16.1. The molecule has 0 saturated carbocycles. The average Bonchev–Trinajstić information content (AvgIpc) is 2.85. The van der Waals surface area contributed by atoms with E-state index in [2.05, 4.69) is 10.6 Å². The smallest absolute Gasteiger partial charge is 0.416 e. The zero-order valence-electron chi connectivity index (χ0n) is 16.1. The molecule has 1 heterocycles. The molecule has 1 aliphatic heterocycles. The van der Waals surface area contributed by atoms with Gasteiger partial charge in [-0.2, -0.15) is 13.2 Å². The molecule has 30 heavy (non-hydrogen) atoms. The van der Waals surface area contributed by atoms with Crippen molar-refractivity contribution in [2.24, 2.45) is 0 Å². The Hall–Kier alpha value is -3.48. The third-order valence-corrected chi connectivity index (χ3v) is 4.90. The highest BCUT2D eigenvalue weighted by atomic mass is 19.4. The van der Waals surface area contributed by atoms with Crippen molar-refractivity contribution < 1.29 is 22.7 Å². The van der Waals surface area contributed by atoms with E-state index in [1.807, 2.05) is 48.5 Å². The van der Waals surface area contributed by atoms with Crippen LogP contribution in [0, 0.1) is 6.92 Å². The number of carbonyl (C=O) groups is 1. The van der Waals surface area contributed by atoms with Crippen LogP contribution in [0.25, 0.3) is 0 Å². The second kappa shape index (κ2) is 7.74. The molecule has 4 nitrogen and oxygen atoms in total. The first kappa shape index (κ1) is 19.8. The van der Waals surface area contributed by atoms with Gasteiger partial charge in [0.2, 0.25) is 5.91 Å². The number of fused-ring (bicyclic) bond motifs is 1. The normalized spacial score (nSPS) is 16.1. The van der Waals surface area contributed by atoms with E-state index in [1.165, 1.54) is 13.0 Å². The SMILES string of the molecule is Cc1cc2c(cc1C(F)(F)F)NC(=O)CC(c1cccc(Oc3ccccc3)c1)N2. The number of alkyl halides is 3. The molecule has 0 radical (unpaired) electrons. The zero-order chi connectivity index (χ0) is 21.3. The summed E-state index contributed by atoms with van der Waals surface area (Å²) in [5.74, 6) is 0.924. The quantitative estimate of drug-likeness (QED) is 0.531. The summed E-state index contributed by atoms with van der Waals surface area (Å²) in [7, 11) is 0. The molecule has 3 aromatic rings. The van der Waals surface area contributed by atoms with Crippen LogP contribution in [0.3, 0.4) is 0 Å². The maximum Gasteiger partial charge on any atom is 0.416 e. The lowest BCUT2D eigenvalue weighted by atomic mass is 10.0. The van der Waals surface area contributed by atoms with Gasteiger partial charge in [-0.1, -0.05) is 30.3 Å². The van der Waals surface area contributed by atoms with Crippen molar-refractivity contribution in [1.29, 1.82) is 0 Å².